The highest BCUT2D eigenvalue weighted by Crippen LogP contribution is 2.22. The topological polar surface area (TPSA) is 66.4 Å². The average Bonchev–Trinajstić information content (AvgIpc) is 2.29. The molecular formula is C12H14BrNO3. The van der Waals surface area contributed by atoms with Gasteiger partial charge in [-0.1, -0.05) is 29.8 Å². The average molecular weight is 300 g/mol. The number of amides is 1. The zero-order chi connectivity index (χ0) is 13.0. The molecule has 0 saturated heterocycles. The van der Waals surface area contributed by atoms with Crippen molar-refractivity contribution in [1.29, 1.82) is 0 Å². The fraction of sp³-hybridized carbons (Fsp3) is 0.333. The standard InChI is InChI=1S/C12H14BrNO3/c1-3-7(2)11(15)14-10-5-4-8(13)6-9(10)12(16)17/h4-7H,3H2,1-2H3,(H,14,15)(H,16,17)/t7-/m1/s1. The molecule has 0 fully saturated rings. The van der Waals surface area contributed by atoms with Gasteiger partial charge < -0.3 is 10.4 Å². The third-order valence-electron chi connectivity index (χ3n) is 2.53. The molecule has 1 aromatic carbocycles. The number of hydrogen-bond acceptors (Lipinski definition) is 2. The Balaban J connectivity index is 2.98. The first-order valence-electron chi connectivity index (χ1n) is 5.29. The molecule has 1 rings (SSSR count). The smallest absolute Gasteiger partial charge is 0.337 e. The summed E-state index contributed by atoms with van der Waals surface area (Å²) in [6.07, 6.45) is 0.713. The number of hydrogen-bond donors (Lipinski definition) is 2. The van der Waals surface area contributed by atoms with E-state index >= 15 is 0 Å². The Hall–Kier alpha value is -1.36. The van der Waals surface area contributed by atoms with Crippen molar-refractivity contribution in [2.45, 2.75) is 20.3 Å². The lowest BCUT2D eigenvalue weighted by Gasteiger charge is -2.12. The van der Waals surface area contributed by atoms with Crippen LogP contribution in [0, 0.1) is 5.92 Å². The monoisotopic (exact) mass is 299 g/mol. The molecule has 0 radical (unpaired) electrons. The number of carboxylic acids is 1. The summed E-state index contributed by atoms with van der Waals surface area (Å²) in [6, 6.07) is 4.74. The number of aromatic carboxylic acids is 1. The van der Waals surface area contributed by atoms with Crippen LogP contribution in [0.5, 0.6) is 0 Å². The van der Waals surface area contributed by atoms with Crippen LogP contribution in [0.1, 0.15) is 30.6 Å². The van der Waals surface area contributed by atoms with E-state index in [9.17, 15) is 9.59 Å². The summed E-state index contributed by atoms with van der Waals surface area (Å²) >= 11 is 3.20. The van der Waals surface area contributed by atoms with Crippen LogP contribution < -0.4 is 5.32 Å². The summed E-state index contributed by atoms with van der Waals surface area (Å²) in [4.78, 5) is 22.7. The van der Waals surface area contributed by atoms with Crippen molar-refractivity contribution >= 4 is 33.5 Å². The highest BCUT2D eigenvalue weighted by Gasteiger charge is 2.15. The van der Waals surface area contributed by atoms with E-state index in [-0.39, 0.29) is 17.4 Å². The summed E-state index contributed by atoms with van der Waals surface area (Å²) in [7, 11) is 0. The maximum Gasteiger partial charge on any atom is 0.337 e. The number of benzene rings is 1. The molecule has 2 N–H and O–H groups in total. The Labute approximate surface area is 108 Å². The molecule has 0 bridgehead atoms. The molecular weight excluding hydrogens is 286 g/mol. The fourth-order valence-electron chi connectivity index (χ4n) is 1.24. The molecule has 4 nitrogen and oxygen atoms in total. The maximum atomic E-state index is 11.7. The van der Waals surface area contributed by atoms with Crippen molar-refractivity contribution in [3.8, 4) is 0 Å². The van der Waals surface area contributed by atoms with Gasteiger partial charge in [-0.05, 0) is 24.6 Å². The molecule has 0 unspecified atom stereocenters. The van der Waals surface area contributed by atoms with Gasteiger partial charge in [0.25, 0.3) is 0 Å². The summed E-state index contributed by atoms with van der Waals surface area (Å²) in [5.74, 6) is -1.37. The van der Waals surface area contributed by atoms with Crippen molar-refractivity contribution in [3.63, 3.8) is 0 Å². The molecule has 5 heteroatoms. The molecule has 17 heavy (non-hydrogen) atoms. The summed E-state index contributed by atoms with van der Waals surface area (Å²) in [5, 5.41) is 11.7. The zero-order valence-electron chi connectivity index (χ0n) is 9.66. The van der Waals surface area contributed by atoms with Gasteiger partial charge in [-0.15, -0.1) is 0 Å². The summed E-state index contributed by atoms with van der Waals surface area (Å²) in [5.41, 5.74) is 0.405. The quantitative estimate of drug-likeness (QED) is 0.897. The first-order valence-corrected chi connectivity index (χ1v) is 6.08. The zero-order valence-corrected chi connectivity index (χ0v) is 11.2. The SMILES string of the molecule is CC[C@@H](C)C(=O)Nc1ccc(Br)cc1C(=O)O. The van der Waals surface area contributed by atoms with Crippen LogP contribution in [0.4, 0.5) is 5.69 Å². The van der Waals surface area contributed by atoms with Gasteiger partial charge >= 0.3 is 5.97 Å². The second kappa shape index (κ2) is 5.82. The Morgan fingerprint density at radius 1 is 1.47 bits per heavy atom. The minimum Gasteiger partial charge on any atom is -0.478 e. The number of rotatable bonds is 4. The van der Waals surface area contributed by atoms with Crippen molar-refractivity contribution in [3.05, 3.63) is 28.2 Å². The minimum atomic E-state index is -1.06. The predicted octanol–water partition coefficient (Wildman–Crippen LogP) is 3.13. The van der Waals surface area contributed by atoms with Crippen molar-refractivity contribution in [1.82, 2.24) is 0 Å². The molecule has 0 heterocycles. The van der Waals surface area contributed by atoms with Gasteiger partial charge in [0, 0.05) is 10.4 Å². The molecule has 0 aliphatic carbocycles. The number of halogens is 1. The van der Waals surface area contributed by atoms with E-state index < -0.39 is 5.97 Å². The first kappa shape index (κ1) is 13.7. The lowest BCUT2D eigenvalue weighted by Crippen LogP contribution is -2.21. The third-order valence-corrected chi connectivity index (χ3v) is 3.02. The molecule has 0 aliphatic rings. The maximum absolute atomic E-state index is 11.7. The van der Waals surface area contributed by atoms with Crippen molar-refractivity contribution < 1.29 is 14.7 Å². The molecule has 0 aromatic heterocycles. The molecule has 0 saturated carbocycles. The van der Waals surface area contributed by atoms with Crippen LogP contribution in [0.3, 0.4) is 0 Å². The van der Waals surface area contributed by atoms with E-state index in [0.29, 0.717) is 16.6 Å². The highest BCUT2D eigenvalue weighted by atomic mass is 79.9. The highest BCUT2D eigenvalue weighted by molar-refractivity contribution is 9.10. The lowest BCUT2D eigenvalue weighted by molar-refractivity contribution is -0.119. The Kier molecular flexibility index (Phi) is 4.69. The first-order chi connectivity index (χ1) is 7.95. The Bertz CT molecular complexity index is 445. The predicted molar refractivity (Wildman–Crippen MR) is 69.2 cm³/mol. The second-order valence-electron chi connectivity index (χ2n) is 3.79. The molecule has 1 atom stereocenters. The number of carbonyl (C=O) groups is 2. The van der Waals surface area contributed by atoms with Crippen molar-refractivity contribution in [2.24, 2.45) is 5.92 Å². The Morgan fingerprint density at radius 3 is 2.65 bits per heavy atom. The van der Waals surface area contributed by atoms with E-state index in [1.807, 2.05) is 6.92 Å². The molecule has 1 amide bonds. The van der Waals surface area contributed by atoms with E-state index in [1.165, 1.54) is 6.07 Å². The number of nitrogens with one attached hydrogen (secondary N) is 1. The van der Waals surface area contributed by atoms with E-state index in [4.69, 9.17) is 5.11 Å². The van der Waals surface area contributed by atoms with Gasteiger partial charge in [0.1, 0.15) is 0 Å². The fourth-order valence-corrected chi connectivity index (χ4v) is 1.60. The van der Waals surface area contributed by atoms with Gasteiger partial charge in [-0.3, -0.25) is 4.79 Å². The minimum absolute atomic E-state index is 0.0797. The summed E-state index contributed by atoms with van der Waals surface area (Å²) < 4.78 is 0.663. The van der Waals surface area contributed by atoms with Gasteiger partial charge in [-0.2, -0.15) is 0 Å². The largest absolute Gasteiger partial charge is 0.478 e. The van der Waals surface area contributed by atoms with Crippen LogP contribution >= 0.6 is 15.9 Å². The van der Waals surface area contributed by atoms with Crippen LogP contribution in [-0.4, -0.2) is 17.0 Å². The van der Waals surface area contributed by atoms with Gasteiger partial charge in [-0.25, -0.2) is 4.79 Å². The van der Waals surface area contributed by atoms with E-state index in [2.05, 4.69) is 21.2 Å². The van der Waals surface area contributed by atoms with Gasteiger partial charge in [0.05, 0.1) is 11.3 Å². The van der Waals surface area contributed by atoms with E-state index in [0.717, 1.165) is 0 Å². The Morgan fingerprint density at radius 2 is 2.12 bits per heavy atom. The van der Waals surface area contributed by atoms with Gasteiger partial charge in [0.15, 0.2) is 0 Å². The molecule has 92 valence electrons. The van der Waals surface area contributed by atoms with Crippen LogP contribution in [0.2, 0.25) is 0 Å². The normalized spacial score (nSPS) is 11.9. The molecule has 0 spiro atoms. The van der Waals surface area contributed by atoms with Crippen molar-refractivity contribution in [2.75, 3.05) is 5.32 Å². The second-order valence-corrected chi connectivity index (χ2v) is 4.71. The van der Waals surface area contributed by atoms with E-state index in [1.54, 1.807) is 19.1 Å². The third kappa shape index (κ3) is 3.56. The van der Waals surface area contributed by atoms with Crippen LogP contribution in [0.15, 0.2) is 22.7 Å². The lowest BCUT2D eigenvalue weighted by atomic mass is 10.1. The number of carboxylic acid groups (broad SMARTS) is 1. The van der Waals surface area contributed by atoms with Crippen LogP contribution in [-0.2, 0) is 4.79 Å². The van der Waals surface area contributed by atoms with Crippen LogP contribution in [0.25, 0.3) is 0 Å². The number of carbonyl (C=O) groups excluding carboxylic acids is 1. The summed E-state index contributed by atoms with van der Waals surface area (Å²) in [6.45, 7) is 3.71. The molecule has 0 aliphatic heterocycles. The van der Waals surface area contributed by atoms with Gasteiger partial charge in [0.2, 0.25) is 5.91 Å². The number of anilines is 1. The molecule has 1 aromatic rings.